The number of carboxylic acid groups (broad SMARTS) is 1. The number of aromatic amines is 1. The van der Waals surface area contributed by atoms with Crippen molar-refractivity contribution in [1.82, 2.24) is 9.78 Å². The molecule has 0 aromatic heterocycles. The average Bonchev–Trinajstić information content (AvgIpc) is 3.05. The van der Waals surface area contributed by atoms with Crippen molar-refractivity contribution in [2.24, 2.45) is 0 Å². The summed E-state index contributed by atoms with van der Waals surface area (Å²) in [6.07, 6.45) is 1.98. The van der Waals surface area contributed by atoms with Crippen molar-refractivity contribution in [3.05, 3.63) is 66.4 Å². The Labute approximate surface area is 120 Å². The van der Waals surface area contributed by atoms with Gasteiger partial charge in [-0.2, -0.15) is 0 Å². The van der Waals surface area contributed by atoms with E-state index in [2.05, 4.69) is 23.3 Å². The van der Waals surface area contributed by atoms with Gasteiger partial charge in [-0.1, -0.05) is 30.3 Å². The number of nitrogens with one attached hydrogen (secondary N) is 1. The fourth-order valence-electron chi connectivity index (χ4n) is 2.69. The highest BCUT2D eigenvalue weighted by Gasteiger charge is 2.13. The summed E-state index contributed by atoms with van der Waals surface area (Å²) in [5.74, 6) is -0.923. The van der Waals surface area contributed by atoms with Gasteiger partial charge in [0.15, 0.2) is 0 Å². The summed E-state index contributed by atoms with van der Waals surface area (Å²) >= 11 is 0. The summed E-state index contributed by atoms with van der Waals surface area (Å²) in [7, 11) is 0. The van der Waals surface area contributed by atoms with Gasteiger partial charge >= 0.3 is 5.97 Å². The third-order valence-electron chi connectivity index (χ3n) is 3.70. The Hall–Kier alpha value is -3.01. The summed E-state index contributed by atoms with van der Waals surface area (Å²) in [6.45, 7) is 0. The summed E-state index contributed by atoms with van der Waals surface area (Å²) < 4.78 is 1.85. The molecule has 4 rings (SSSR count). The maximum Gasteiger partial charge on any atom is 0.335 e. The number of carbonyl (C=O) groups is 1. The molecule has 0 radical (unpaired) electrons. The Balaban J connectivity index is 1.89. The predicted octanol–water partition coefficient (Wildman–Crippen LogP) is 3.76. The van der Waals surface area contributed by atoms with Gasteiger partial charge in [0.2, 0.25) is 0 Å². The highest BCUT2D eigenvalue weighted by molar-refractivity contribution is 6.00. The van der Waals surface area contributed by atoms with Crippen LogP contribution in [-0.2, 0) is 0 Å². The van der Waals surface area contributed by atoms with E-state index in [9.17, 15) is 4.79 Å². The first-order valence-electron chi connectivity index (χ1n) is 6.65. The minimum Gasteiger partial charge on any atom is -0.478 e. The van der Waals surface area contributed by atoms with Crippen LogP contribution in [0.3, 0.4) is 0 Å². The lowest BCUT2D eigenvalue weighted by Crippen LogP contribution is -2.00. The minimum atomic E-state index is -0.923. The van der Waals surface area contributed by atoms with Crippen molar-refractivity contribution in [2.45, 2.75) is 0 Å². The molecule has 0 bridgehead atoms. The third-order valence-corrected chi connectivity index (χ3v) is 3.70. The van der Waals surface area contributed by atoms with Gasteiger partial charge in [-0.15, -0.1) is 0 Å². The van der Waals surface area contributed by atoms with Crippen LogP contribution < -0.4 is 0 Å². The molecule has 0 saturated carbocycles. The first-order chi connectivity index (χ1) is 10.2. The highest BCUT2D eigenvalue weighted by atomic mass is 16.4. The lowest BCUT2D eigenvalue weighted by Gasteiger charge is -2.03. The second kappa shape index (κ2) is 4.24. The van der Waals surface area contributed by atoms with Crippen LogP contribution in [0.2, 0.25) is 0 Å². The lowest BCUT2D eigenvalue weighted by molar-refractivity contribution is 0.0697. The molecule has 4 nitrogen and oxygen atoms in total. The van der Waals surface area contributed by atoms with Crippen LogP contribution in [0, 0.1) is 0 Å². The fourth-order valence-corrected chi connectivity index (χ4v) is 2.69. The molecule has 0 fully saturated rings. The molecule has 0 spiro atoms. The SMILES string of the molecule is O=C(O)c1cccc(-n2cc3cc4ccccc4c-3[nH]2)c1. The standard InChI is InChI=1S/C17H12N2O2/c20-17(21)12-5-3-6-14(9-12)19-10-13-8-11-4-1-2-7-15(11)16(13)18-19/h1-10,18H,(H,20,21). The van der Waals surface area contributed by atoms with Crippen molar-refractivity contribution in [1.29, 1.82) is 0 Å². The van der Waals surface area contributed by atoms with Crippen LogP contribution in [0.1, 0.15) is 10.4 Å². The largest absolute Gasteiger partial charge is 0.478 e. The van der Waals surface area contributed by atoms with Crippen molar-refractivity contribution in [3.8, 4) is 16.9 Å². The van der Waals surface area contributed by atoms with Gasteiger partial charge in [-0.05, 0) is 29.7 Å². The fraction of sp³-hybridized carbons (Fsp3) is 0. The van der Waals surface area contributed by atoms with E-state index in [4.69, 9.17) is 5.11 Å². The van der Waals surface area contributed by atoms with E-state index in [1.54, 1.807) is 18.2 Å². The number of aromatic nitrogens is 2. The van der Waals surface area contributed by atoms with Gasteiger partial charge in [0.25, 0.3) is 0 Å². The molecule has 21 heavy (non-hydrogen) atoms. The topological polar surface area (TPSA) is 58.0 Å². The molecule has 2 aromatic carbocycles. The summed E-state index contributed by atoms with van der Waals surface area (Å²) in [4.78, 5) is 11.1. The zero-order valence-corrected chi connectivity index (χ0v) is 11.1. The molecule has 2 aromatic rings. The van der Waals surface area contributed by atoms with E-state index in [-0.39, 0.29) is 5.56 Å². The lowest BCUT2D eigenvalue weighted by atomic mass is 10.2. The molecule has 1 aliphatic carbocycles. The number of H-pyrrole nitrogens is 1. The van der Waals surface area contributed by atoms with E-state index in [0.29, 0.717) is 0 Å². The smallest absolute Gasteiger partial charge is 0.335 e. The maximum absolute atomic E-state index is 11.1. The van der Waals surface area contributed by atoms with Crippen molar-refractivity contribution in [2.75, 3.05) is 0 Å². The second-order valence-electron chi connectivity index (χ2n) is 5.03. The first-order valence-corrected chi connectivity index (χ1v) is 6.65. The first kappa shape index (κ1) is 11.8. The molecule has 0 saturated heterocycles. The van der Waals surface area contributed by atoms with Gasteiger partial charge in [0.05, 0.1) is 16.9 Å². The monoisotopic (exact) mass is 276 g/mol. The van der Waals surface area contributed by atoms with E-state index in [1.165, 1.54) is 10.8 Å². The third kappa shape index (κ3) is 1.80. The number of hydrogen-bond acceptors (Lipinski definition) is 1. The van der Waals surface area contributed by atoms with Crippen LogP contribution in [0.25, 0.3) is 27.7 Å². The number of rotatable bonds is 2. The van der Waals surface area contributed by atoms with Crippen molar-refractivity contribution < 1.29 is 9.90 Å². The Morgan fingerprint density at radius 1 is 1.05 bits per heavy atom. The molecule has 4 heteroatoms. The molecular formula is C17H12N2O2. The Morgan fingerprint density at radius 2 is 1.90 bits per heavy atom. The van der Waals surface area contributed by atoms with E-state index >= 15 is 0 Å². The number of benzene rings is 2. The zero-order chi connectivity index (χ0) is 14.4. The normalized spacial score (nSPS) is 11.2. The predicted molar refractivity (Wildman–Crippen MR) is 81.2 cm³/mol. The molecule has 1 heterocycles. The van der Waals surface area contributed by atoms with Crippen LogP contribution >= 0.6 is 0 Å². The number of carboxylic acids is 1. The van der Waals surface area contributed by atoms with Gasteiger partial charge in [0, 0.05) is 17.1 Å². The molecular weight excluding hydrogens is 264 g/mol. The Bertz CT molecular complexity index is 933. The van der Waals surface area contributed by atoms with Crippen LogP contribution in [0.15, 0.2) is 60.8 Å². The second-order valence-corrected chi connectivity index (χ2v) is 5.03. The molecule has 1 aliphatic heterocycles. The summed E-state index contributed by atoms with van der Waals surface area (Å²) in [5.41, 5.74) is 3.25. The number of nitrogens with zero attached hydrogens (tertiary/aromatic N) is 1. The molecule has 0 amide bonds. The molecule has 0 unspecified atom stereocenters. The number of aromatic carboxylic acids is 1. The molecule has 2 aliphatic rings. The van der Waals surface area contributed by atoms with E-state index in [0.717, 1.165) is 16.9 Å². The van der Waals surface area contributed by atoms with Crippen molar-refractivity contribution >= 4 is 16.7 Å². The maximum atomic E-state index is 11.1. The summed E-state index contributed by atoms with van der Waals surface area (Å²) in [5, 5.41) is 14.8. The van der Waals surface area contributed by atoms with E-state index < -0.39 is 5.97 Å². The Morgan fingerprint density at radius 3 is 2.76 bits per heavy atom. The quantitative estimate of drug-likeness (QED) is 0.585. The van der Waals surface area contributed by atoms with Gasteiger partial charge in [-0.25, -0.2) is 4.79 Å². The van der Waals surface area contributed by atoms with Gasteiger partial charge in [-0.3, -0.25) is 9.78 Å². The highest BCUT2D eigenvalue weighted by Crippen LogP contribution is 2.33. The van der Waals surface area contributed by atoms with Crippen molar-refractivity contribution in [3.63, 3.8) is 0 Å². The van der Waals surface area contributed by atoms with E-state index in [1.807, 2.05) is 29.1 Å². The van der Waals surface area contributed by atoms with Gasteiger partial charge in [0.1, 0.15) is 0 Å². The van der Waals surface area contributed by atoms with Crippen LogP contribution in [0.4, 0.5) is 0 Å². The van der Waals surface area contributed by atoms with Crippen LogP contribution in [0.5, 0.6) is 0 Å². The van der Waals surface area contributed by atoms with Gasteiger partial charge < -0.3 is 5.11 Å². The zero-order valence-electron chi connectivity index (χ0n) is 11.1. The summed E-state index contributed by atoms with van der Waals surface area (Å²) in [6, 6.07) is 17.2. The minimum absolute atomic E-state index is 0.277. The number of fused-ring (bicyclic) bond motifs is 3. The average molecular weight is 276 g/mol. The Kier molecular flexibility index (Phi) is 2.38. The number of hydrogen-bond donors (Lipinski definition) is 2. The molecule has 2 N–H and O–H groups in total. The molecule has 0 atom stereocenters. The van der Waals surface area contributed by atoms with Crippen LogP contribution in [-0.4, -0.2) is 20.9 Å². The molecule has 102 valence electrons.